The van der Waals surface area contributed by atoms with E-state index in [-0.39, 0.29) is 24.5 Å². The Bertz CT molecular complexity index is 730. The molecule has 1 heterocycles. The van der Waals surface area contributed by atoms with Crippen LogP contribution in [0, 0.1) is 5.92 Å². The number of anilines is 1. The predicted octanol–water partition coefficient (Wildman–Crippen LogP) is 3.63. The Kier molecular flexibility index (Phi) is 6.05. The highest BCUT2D eigenvalue weighted by molar-refractivity contribution is 5.97. The summed E-state index contributed by atoms with van der Waals surface area (Å²) in [5.41, 5.74) is 1.93. The maximum atomic E-state index is 12.4. The molecule has 1 aliphatic heterocycles. The van der Waals surface area contributed by atoms with E-state index in [4.69, 9.17) is 0 Å². The molecule has 136 valence electrons. The summed E-state index contributed by atoms with van der Waals surface area (Å²) >= 11 is 0. The molecule has 1 amide bonds. The molecule has 4 nitrogen and oxygen atoms in total. The van der Waals surface area contributed by atoms with Crippen LogP contribution in [-0.2, 0) is 4.79 Å². The third kappa shape index (κ3) is 4.72. The van der Waals surface area contributed by atoms with Crippen LogP contribution in [0.3, 0.4) is 0 Å². The molecule has 1 aliphatic rings. The molecule has 2 aromatic carbocycles. The van der Waals surface area contributed by atoms with E-state index in [1.807, 2.05) is 31.3 Å². The molecule has 0 aliphatic carbocycles. The first-order valence-corrected chi connectivity index (χ1v) is 9.25. The second-order valence-electron chi connectivity index (χ2n) is 7.00. The van der Waals surface area contributed by atoms with Gasteiger partial charge in [-0.25, -0.2) is 0 Å². The van der Waals surface area contributed by atoms with Gasteiger partial charge in [0, 0.05) is 50.8 Å². The van der Waals surface area contributed by atoms with E-state index in [0.29, 0.717) is 11.5 Å². The minimum absolute atomic E-state index is 0.0310. The van der Waals surface area contributed by atoms with E-state index in [9.17, 15) is 9.59 Å². The Labute approximate surface area is 155 Å². The fraction of sp³-hybridized carbons (Fsp3) is 0.364. The van der Waals surface area contributed by atoms with Gasteiger partial charge in [0.1, 0.15) is 0 Å². The number of ketones is 1. The number of hydrogen-bond donors (Lipinski definition) is 0. The molecule has 4 heteroatoms. The van der Waals surface area contributed by atoms with Crippen molar-refractivity contribution in [2.45, 2.75) is 19.3 Å². The first-order chi connectivity index (χ1) is 12.6. The van der Waals surface area contributed by atoms with E-state index in [0.717, 1.165) is 26.1 Å². The quantitative estimate of drug-likeness (QED) is 0.716. The summed E-state index contributed by atoms with van der Waals surface area (Å²) in [5.74, 6) is 0.560. The topological polar surface area (TPSA) is 40.6 Å². The zero-order chi connectivity index (χ0) is 18.4. The third-order valence-corrected chi connectivity index (χ3v) is 5.03. The molecule has 1 unspecified atom stereocenters. The predicted molar refractivity (Wildman–Crippen MR) is 104 cm³/mol. The van der Waals surface area contributed by atoms with Crippen molar-refractivity contribution in [1.29, 1.82) is 0 Å². The number of carbonyl (C=O) groups is 2. The van der Waals surface area contributed by atoms with E-state index in [2.05, 4.69) is 29.2 Å². The lowest BCUT2D eigenvalue weighted by molar-refractivity contribution is -0.130. The molecule has 0 spiro atoms. The van der Waals surface area contributed by atoms with Gasteiger partial charge in [0.25, 0.3) is 0 Å². The van der Waals surface area contributed by atoms with Gasteiger partial charge in [-0.2, -0.15) is 0 Å². The molecule has 3 rings (SSSR count). The van der Waals surface area contributed by atoms with Crippen molar-refractivity contribution in [3.63, 3.8) is 0 Å². The van der Waals surface area contributed by atoms with Crippen molar-refractivity contribution >= 4 is 17.4 Å². The molecular formula is C22H26N2O2. The van der Waals surface area contributed by atoms with E-state index < -0.39 is 0 Å². The number of hydrogen-bond acceptors (Lipinski definition) is 3. The Morgan fingerprint density at radius 1 is 1.00 bits per heavy atom. The Morgan fingerprint density at radius 2 is 1.65 bits per heavy atom. The van der Waals surface area contributed by atoms with Gasteiger partial charge in [-0.3, -0.25) is 9.59 Å². The summed E-state index contributed by atoms with van der Waals surface area (Å²) in [6.45, 7) is 2.76. The van der Waals surface area contributed by atoms with Crippen LogP contribution in [0.25, 0.3) is 0 Å². The first kappa shape index (κ1) is 18.2. The number of rotatable bonds is 7. The smallest absolute Gasteiger partial charge is 0.222 e. The minimum Gasteiger partial charge on any atom is -0.371 e. The van der Waals surface area contributed by atoms with Crippen molar-refractivity contribution in [2.24, 2.45) is 5.92 Å². The zero-order valence-electron chi connectivity index (χ0n) is 15.3. The highest BCUT2D eigenvalue weighted by atomic mass is 16.2. The van der Waals surface area contributed by atoms with Crippen LogP contribution in [0.1, 0.15) is 29.6 Å². The zero-order valence-corrected chi connectivity index (χ0v) is 15.3. The summed E-state index contributed by atoms with van der Waals surface area (Å²) in [6, 6.07) is 19.6. The van der Waals surface area contributed by atoms with Crippen molar-refractivity contribution in [2.75, 3.05) is 31.6 Å². The highest BCUT2D eigenvalue weighted by Gasteiger charge is 2.25. The van der Waals surface area contributed by atoms with Crippen LogP contribution >= 0.6 is 0 Å². The molecule has 26 heavy (non-hydrogen) atoms. The first-order valence-electron chi connectivity index (χ1n) is 9.25. The molecule has 2 aromatic rings. The van der Waals surface area contributed by atoms with Crippen LogP contribution in [0.5, 0.6) is 0 Å². The lowest BCUT2D eigenvalue weighted by atomic mass is 10.1. The number of Topliss-reactive ketones (excluding diaryl/α,β-unsaturated/α-hetero) is 1. The summed E-state index contributed by atoms with van der Waals surface area (Å²) in [4.78, 5) is 28.7. The fourth-order valence-electron chi connectivity index (χ4n) is 3.52. The maximum absolute atomic E-state index is 12.4. The van der Waals surface area contributed by atoms with Gasteiger partial charge >= 0.3 is 0 Å². The molecule has 1 fully saturated rings. The van der Waals surface area contributed by atoms with E-state index in [1.54, 1.807) is 17.0 Å². The maximum Gasteiger partial charge on any atom is 0.222 e. The van der Waals surface area contributed by atoms with Gasteiger partial charge in [0.2, 0.25) is 5.91 Å². The summed E-state index contributed by atoms with van der Waals surface area (Å²) in [5, 5.41) is 0. The minimum atomic E-state index is 0.0310. The van der Waals surface area contributed by atoms with Crippen LogP contribution < -0.4 is 4.90 Å². The Hall–Kier alpha value is -2.62. The second-order valence-corrected chi connectivity index (χ2v) is 7.00. The molecule has 1 saturated heterocycles. The van der Waals surface area contributed by atoms with Crippen LogP contribution in [-0.4, -0.2) is 43.3 Å². The van der Waals surface area contributed by atoms with Gasteiger partial charge < -0.3 is 9.80 Å². The van der Waals surface area contributed by atoms with Crippen LogP contribution in [0.4, 0.5) is 5.69 Å². The summed E-state index contributed by atoms with van der Waals surface area (Å²) in [6.07, 6.45) is 1.64. The SMILES string of the molecule is CN(CC1CCN(c2ccccc2)C1)C(=O)CCC(=O)c1ccccc1. The number of para-hydroxylation sites is 1. The van der Waals surface area contributed by atoms with E-state index >= 15 is 0 Å². The molecule has 0 aromatic heterocycles. The van der Waals surface area contributed by atoms with Crippen molar-refractivity contribution < 1.29 is 9.59 Å². The third-order valence-electron chi connectivity index (χ3n) is 5.03. The van der Waals surface area contributed by atoms with Gasteiger partial charge in [-0.05, 0) is 24.5 Å². The lowest BCUT2D eigenvalue weighted by Crippen LogP contribution is -2.33. The lowest BCUT2D eigenvalue weighted by Gasteiger charge is -2.22. The summed E-state index contributed by atoms with van der Waals surface area (Å²) < 4.78 is 0. The number of carbonyl (C=O) groups excluding carboxylic acids is 2. The summed E-state index contributed by atoms with van der Waals surface area (Å²) in [7, 11) is 1.85. The normalized spacial score (nSPS) is 16.5. The van der Waals surface area contributed by atoms with E-state index in [1.165, 1.54) is 5.69 Å². The average Bonchev–Trinajstić information content (AvgIpc) is 3.15. The van der Waals surface area contributed by atoms with Crippen molar-refractivity contribution in [3.05, 3.63) is 66.2 Å². The van der Waals surface area contributed by atoms with Crippen LogP contribution in [0.2, 0.25) is 0 Å². The highest BCUT2D eigenvalue weighted by Crippen LogP contribution is 2.24. The number of amides is 1. The average molecular weight is 350 g/mol. The van der Waals surface area contributed by atoms with Crippen molar-refractivity contribution in [1.82, 2.24) is 4.90 Å². The van der Waals surface area contributed by atoms with Gasteiger partial charge in [-0.15, -0.1) is 0 Å². The Balaban J connectivity index is 1.44. The van der Waals surface area contributed by atoms with Gasteiger partial charge in [0.15, 0.2) is 5.78 Å². The largest absolute Gasteiger partial charge is 0.371 e. The molecule has 0 saturated carbocycles. The standard InChI is InChI=1S/C22H26N2O2/c1-23(22(26)13-12-21(25)19-8-4-2-5-9-19)16-18-14-15-24(17-18)20-10-6-3-7-11-20/h2-11,18H,12-17H2,1H3. The fourth-order valence-corrected chi connectivity index (χ4v) is 3.52. The number of nitrogens with zero attached hydrogens (tertiary/aromatic N) is 2. The van der Waals surface area contributed by atoms with Gasteiger partial charge in [-0.1, -0.05) is 48.5 Å². The van der Waals surface area contributed by atoms with Crippen molar-refractivity contribution in [3.8, 4) is 0 Å². The molecule has 0 radical (unpaired) electrons. The molecular weight excluding hydrogens is 324 g/mol. The number of benzene rings is 2. The molecule has 0 N–H and O–H groups in total. The van der Waals surface area contributed by atoms with Gasteiger partial charge in [0.05, 0.1) is 0 Å². The molecule has 1 atom stereocenters. The Morgan fingerprint density at radius 3 is 2.35 bits per heavy atom. The second kappa shape index (κ2) is 8.65. The van der Waals surface area contributed by atoms with Crippen LogP contribution in [0.15, 0.2) is 60.7 Å². The molecule has 0 bridgehead atoms. The monoisotopic (exact) mass is 350 g/mol.